The van der Waals surface area contributed by atoms with E-state index >= 15 is 0 Å². The summed E-state index contributed by atoms with van der Waals surface area (Å²) < 4.78 is 5.06. The van der Waals surface area contributed by atoms with E-state index in [-0.39, 0.29) is 6.03 Å². The topological polar surface area (TPSA) is 70.7 Å². The Labute approximate surface area is 109 Å². The van der Waals surface area contributed by atoms with Gasteiger partial charge in [-0.15, -0.1) is 0 Å². The number of hydrogen-bond donors (Lipinski definition) is 2. The number of nitrogens with one attached hydrogen (secondary N) is 2. The fourth-order valence-electron chi connectivity index (χ4n) is 1.27. The van der Waals surface area contributed by atoms with Gasteiger partial charge in [-0.05, 0) is 34.6 Å². The summed E-state index contributed by atoms with van der Waals surface area (Å²) in [5.74, 6) is 0. The molecule has 0 fully saturated rings. The molecule has 0 aliphatic heterocycles. The van der Waals surface area contributed by atoms with E-state index < -0.39 is 11.7 Å². The lowest BCUT2D eigenvalue weighted by molar-refractivity contribution is 0.0528. The summed E-state index contributed by atoms with van der Waals surface area (Å²) in [5, 5.41) is 5.29. The summed E-state index contributed by atoms with van der Waals surface area (Å²) >= 11 is 0. The predicted octanol–water partition coefficient (Wildman–Crippen LogP) is 1.56. The van der Waals surface area contributed by atoms with Gasteiger partial charge in [0.05, 0.1) is 0 Å². The van der Waals surface area contributed by atoms with Crippen LogP contribution in [-0.4, -0.2) is 48.8 Å². The van der Waals surface area contributed by atoms with Gasteiger partial charge in [-0.1, -0.05) is 0 Å². The van der Waals surface area contributed by atoms with E-state index in [1.807, 2.05) is 13.8 Å². The van der Waals surface area contributed by atoms with Crippen molar-refractivity contribution in [2.75, 3.05) is 26.2 Å². The van der Waals surface area contributed by atoms with Gasteiger partial charge in [0.1, 0.15) is 5.60 Å². The van der Waals surface area contributed by atoms with Crippen LogP contribution in [0.25, 0.3) is 0 Å². The highest BCUT2D eigenvalue weighted by Gasteiger charge is 2.15. The van der Waals surface area contributed by atoms with Crippen molar-refractivity contribution in [1.82, 2.24) is 15.5 Å². The highest BCUT2D eigenvalue weighted by molar-refractivity contribution is 5.74. The molecule has 3 amide bonds. The smallest absolute Gasteiger partial charge is 0.407 e. The largest absolute Gasteiger partial charge is 0.444 e. The van der Waals surface area contributed by atoms with Crippen LogP contribution in [-0.2, 0) is 4.74 Å². The van der Waals surface area contributed by atoms with Gasteiger partial charge >= 0.3 is 12.1 Å². The van der Waals surface area contributed by atoms with Crippen molar-refractivity contribution in [2.24, 2.45) is 0 Å². The monoisotopic (exact) mass is 259 g/mol. The van der Waals surface area contributed by atoms with Crippen LogP contribution in [0.3, 0.4) is 0 Å². The zero-order valence-corrected chi connectivity index (χ0v) is 12.0. The number of urea groups is 1. The molecule has 0 rings (SSSR count). The molecule has 0 saturated carbocycles. The SMILES string of the molecule is CCN(CC)C(=O)NCCNC(=O)OC(C)(C)C. The second-order valence-electron chi connectivity index (χ2n) is 4.83. The minimum absolute atomic E-state index is 0.119. The zero-order valence-electron chi connectivity index (χ0n) is 12.0. The number of carbonyl (C=O) groups is 2. The van der Waals surface area contributed by atoms with E-state index in [0.717, 1.165) is 0 Å². The molecule has 6 heteroatoms. The first kappa shape index (κ1) is 16.5. The second-order valence-corrected chi connectivity index (χ2v) is 4.83. The van der Waals surface area contributed by atoms with Gasteiger partial charge in [-0.25, -0.2) is 9.59 Å². The lowest BCUT2D eigenvalue weighted by Crippen LogP contribution is -2.43. The third kappa shape index (κ3) is 7.76. The van der Waals surface area contributed by atoms with Crippen LogP contribution in [0.4, 0.5) is 9.59 Å². The Bertz CT molecular complexity index is 270. The summed E-state index contributed by atoms with van der Waals surface area (Å²) in [7, 11) is 0. The van der Waals surface area contributed by atoms with Crippen molar-refractivity contribution in [1.29, 1.82) is 0 Å². The average Bonchev–Trinajstić information content (AvgIpc) is 2.23. The first-order valence-corrected chi connectivity index (χ1v) is 6.29. The van der Waals surface area contributed by atoms with E-state index in [1.165, 1.54) is 0 Å². The van der Waals surface area contributed by atoms with Crippen LogP contribution in [0.5, 0.6) is 0 Å². The number of hydrogen-bond acceptors (Lipinski definition) is 3. The molecule has 0 aromatic rings. The molecular formula is C12H25N3O3. The fraction of sp³-hybridized carbons (Fsp3) is 0.833. The van der Waals surface area contributed by atoms with Crippen molar-refractivity contribution < 1.29 is 14.3 Å². The van der Waals surface area contributed by atoms with Crippen LogP contribution in [0, 0.1) is 0 Å². The highest BCUT2D eigenvalue weighted by atomic mass is 16.6. The molecule has 6 nitrogen and oxygen atoms in total. The molecule has 0 aliphatic carbocycles. The molecule has 106 valence electrons. The van der Waals surface area contributed by atoms with Crippen LogP contribution < -0.4 is 10.6 Å². The number of alkyl carbamates (subject to hydrolysis) is 1. The predicted molar refractivity (Wildman–Crippen MR) is 70.6 cm³/mol. The Morgan fingerprint density at radius 3 is 2.00 bits per heavy atom. The normalized spacial score (nSPS) is 10.7. The van der Waals surface area contributed by atoms with Crippen molar-refractivity contribution in [3.63, 3.8) is 0 Å². The number of carbonyl (C=O) groups excluding carboxylic acids is 2. The van der Waals surface area contributed by atoms with Crippen LogP contribution >= 0.6 is 0 Å². The van der Waals surface area contributed by atoms with Gasteiger partial charge in [0.2, 0.25) is 0 Å². The maximum absolute atomic E-state index is 11.5. The lowest BCUT2D eigenvalue weighted by atomic mass is 10.2. The van der Waals surface area contributed by atoms with Gasteiger partial charge in [0, 0.05) is 26.2 Å². The number of nitrogens with zero attached hydrogens (tertiary/aromatic N) is 1. The molecule has 0 radical (unpaired) electrons. The fourth-order valence-corrected chi connectivity index (χ4v) is 1.27. The van der Waals surface area contributed by atoms with Gasteiger partial charge in [-0.2, -0.15) is 0 Å². The Morgan fingerprint density at radius 2 is 1.56 bits per heavy atom. The van der Waals surface area contributed by atoms with E-state index in [1.54, 1.807) is 25.7 Å². The first-order chi connectivity index (χ1) is 8.30. The van der Waals surface area contributed by atoms with Gasteiger partial charge in [0.25, 0.3) is 0 Å². The molecule has 0 saturated heterocycles. The van der Waals surface area contributed by atoms with E-state index in [4.69, 9.17) is 4.74 Å². The van der Waals surface area contributed by atoms with Crippen molar-refractivity contribution in [3.8, 4) is 0 Å². The summed E-state index contributed by atoms with van der Waals surface area (Å²) in [5.41, 5.74) is -0.505. The molecule has 2 N–H and O–H groups in total. The number of amides is 3. The van der Waals surface area contributed by atoms with Crippen LogP contribution in [0.1, 0.15) is 34.6 Å². The minimum Gasteiger partial charge on any atom is -0.444 e. The molecule has 18 heavy (non-hydrogen) atoms. The van der Waals surface area contributed by atoms with E-state index in [0.29, 0.717) is 26.2 Å². The quantitative estimate of drug-likeness (QED) is 0.736. The Morgan fingerprint density at radius 1 is 1.06 bits per heavy atom. The van der Waals surface area contributed by atoms with Gasteiger partial charge < -0.3 is 20.3 Å². The van der Waals surface area contributed by atoms with Gasteiger partial charge in [0.15, 0.2) is 0 Å². The first-order valence-electron chi connectivity index (χ1n) is 6.29. The van der Waals surface area contributed by atoms with Crippen molar-refractivity contribution in [2.45, 2.75) is 40.2 Å². The second kappa shape index (κ2) is 7.79. The molecule has 0 bridgehead atoms. The van der Waals surface area contributed by atoms with E-state index in [9.17, 15) is 9.59 Å². The Balaban J connectivity index is 3.74. The standard InChI is InChI=1S/C12H25N3O3/c1-6-15(7-2)10(16)13-8-9-14-11(17)18-12(3,4)5/h6-9H2,1-5H3,(H,13,16)(H,14,17). The molecule has 0 heterocycles. The molecule has 0 aromatic carbocycles. The maximum atomic E-state index is 11.5. The molecule has 0 unspecified atom stereocenters. The van der Waals surface area contributed by atoms with Gasteiger partial charge in [-0.3, -0.25) is 0 Å². The van der Waals surface area contributed by atoms with E-state index in [2.05, 4.69) is 10.6 Å². The van der Waals surface area contributed by atoms with Crippen molar-refractivity contribution in [3.05, 3.63) is 0 Å². The summed E-state index contributed by atoms with van der Waals surface area (Å²) in [6.45, 7) is 11.3. The molecule has 0 aromatic heterocycles. The maximum Gasteiger partial charge on any atom is 0.407 e. The molecule has 0 spiro atoms. The molecular weight excluding hydrogens is 234 g/mol. The summed E-state index contributed by atoms with van der Waals surface area (Å²) in [6.07, 6.45) is -0.473. The molecule has 0 aliphatic rings. The van der Waals surface area contributed by atoms with Crippen molar-refractivity contribution >= 4 is 12.1 Å². The van der Waals surface area contributed by atoms with Crippen LogP contribution in [0.15, 0.2) is 0 Å². The van der Waals surface area contributed by atoms with Crippen LogP contribution in [0.2, 0.25) is 0 Å². The summed E-state index contributed by atoms with van der Waals surface area (Å²) in [4.78, 5) is 24.5. The Kier molecular flexibility index (Phi) is 7.16. The zero-order chi connectivity index (χ0) is 14.2. The average molecular weight is 259 g/mol. The number of ether oxygens (including phenoxy) is 1. The summed E-state index contributed by atoms with van der Waals surface area (Å²) in [6, 6.07) is -0.119. The Hall–Kier alpha value is -1.46. The molecule has 0 atom stereocenters. The third-order valence-corrected chi connectivity index (χ3v) is 2.12. The highest BCUT2D eigenvalue weighted by Crippen LogP contribution is 2.05. The number of rotatable bonds is 5. The third-order valence-electron chi connectivity index (χ3n) is 2.12. The lowest BCUT2D eigenvalue weighted by Gasteiger charge is -2.21. The minimum atomic E-state index is -0.505.